The lowest BCUT2D eigenvalue weighted by Crippen LogP contribution is -2.29. The van der Waals surface area contributed by atoms with E-state index in [0.29, 0.717) is 12.3 Å². The Kier molecular flexibility index (Phi) is 4.48. The number of hydrogen-bond acceptors (Lipinski definition) is 3. The van der Waals surface area contributed by atoms with Gasteiger partial charge in [0.15, 0.2) is 0 Å². The summed E-state index contributed by atoms with van der Waals surface area (Å²) < 4.78 is 0. The van der Waals surface area contributed by atoms with Crippen LogP contribution in [-0.4, -0.2) is 22.7 Å². The van der Waals surface area contributed by atoms with Crippen molar-refractivity contribution in [3.63, 3.8) is 0 Å². The Morgan fingerprint density at radius 2 is 1.67 bits per heavy atom. The molecule has 2 aromatic rings. The largest absolute Gasteiger partial charge is 0.507 e. The van der Waals surface area contributed by atoms with Crippen LogP contribution in [0.5, 0.6) is 5.75 Å². The van der Waals surface area contributed by atoms with Gasteiger partial charge in [-0.15, -0.1) is 0 Å². The molecule has 4 nitrogen and oxygen atoms in total. The number of carboxylic acid groups (broad SMARTS) is 1. The Balaban J connectivity index is 2.29. The number of aryl methyl sites for hydroxylation is 2. The van der Waals surface area contributed by atoms with Crippen LogP contribution in [-0.2, 0) is 11.3 Å². The summed E-state index contributed by atoms with van der Waals surface area (Å²) in [5.74, 6) is -0.575. The number of aromatic hydroxyl groups is 1. The van der Waals surface area contributed by atoms with Gasteiger partial charge < -0.3 is 15.1 Å². The Labute approximate surface area is 124 Å². The molecule has 0 heterocycles. The Bertz CT molecular complexity index is 615. The van der Waals surface area contributed by atoms with Crippen LogP contribution in [0.3, 0.4) is 0 Å². The zero-order chi connectivity index (χ0) is 15.4. The van der Waals surface area contributed by atoms with Crippen molar-refractivity contribution >= 4 is 11.7 Å². The lowest BCUT2D eigenvalue weighted by atomic mass is 10.1. The summed E-state index contributed by atoms with van der Waals surface area (Å²) in [7, 11) is 0. The summed E-state index contributed by atoms with van der Waals surface area (Å²) in [5, 5.41) is 18.9. The molecule has 2 aromatic carbocycles. The van der Waals surface area contributed by atoms with Crippen LogP contribution in [0.2, 0.25) is 0 Å². The zero-order valence-corrected chi connectivity index (χ0v) is 12.2. The average Bonchev–Trinajstić information content (AvgIpc) is 2.44. The molecule has 0 spiro atoms. The molecule has 2 rings (SSSR count). The van der Waals surface area contributed by atoms with Crippen LogP contribution >= 0.6 is 0 Å². The minimum absolute atomic E-state index is 0.0665. The van der Waals surface area contributed by atoms with Crippen LogP contribution in [0, 0.1) is 13.8 Å². The molecule has 0 aliphatic heterocycles. The summed E-state index contributed by atoms with van der Waals surface area (Å²) in [6, 6.07) is 13.2. The molecule has 0 radical (unpaired) electrons. The van der Waals surface area contributed by atoms with Crippen molar-refractivity contribution in [3.8, 4) is 5.75 Å². The number of phenols is 1. The van der Waals surface area contributed by atoms with Crippen molar-refractivity contribution in [1.82, 2.24) is 0 Å². The van der Waals surface area contributed by atoms with E-state index in [9.17, 15) is 9.90 Å². The molecule has 0 atom stereocenters. The van der Waals surface area contributed by atoms with Gasteiger partial charge in [0.25, 0.3) is 0 Å². The summed E-state index contributed by atoms with van der Waals surface area (Å²) >= 11 is 0. The number of benzene rings is 2. The van der Waals surface area contributed by atoms with Gasteiger partial charge in [-0.05, 0) is 42.7 Å². The molecule has 0 aromatic heterocycles. The maximum atomic E-state index is 11.1. The van der Waals surface area contributed by atoms with E-state index in [1.165, 1.54) is 0 Å². The van der Waals surface area contributed by atoms with Crippen LogP contribution in [0.15, 0.2) is 42.5 Å². The van der Waals surface area contributed by atoms with E-state index in [1.807, 2.05) is 56.3 Å². The van der Waals surface area contributed by atoms with E-state index in [2.05, 4.69) is 0 Å². The number of rotatable bonds is 5. The Hall–Kier alpha value is -2.49. The van der Waals surface area contributed by atoms with Crippen molar-refractivity contribution in [2.75, 3.05) is 11.4 Å². The predicted molar refractivity (Wildman–Crippen MR) is 82.7 cm³/mol. The molecule has 0 aliphatic carbocycles. The molecule has 4 heteroatoms. The second kappa shape index (κ2) is 6.31. The quantitative estimate of drug-likeness (QED) is 0.886. The fraction of sp³-hybridized carbons (Fsp3) is 0.235. The molecule has 110 valence electrons. The van der Waals surface area contributed by atoms with Crippen LogP contribution in [0.25, 0.3) is 0 Å². The molecule has 0 aliphatic rings. The number of nitrogens with zero attached hydrogens (tertiary/aromatic N) is 1. The van der Waals surface area contributed by atoms with Gasteiger partial charge in [0.2, 0.25) is 0 Å². The summed E-state index contributed by atoms with van der Waals surface area (Å²) in [5.41, 5.74) is 3.44. The highest BCUT2D eigenvalue weighted by atomic mass is 16.4. The maximum Gasteiger partial charge on any atom is 0.323 e. The SMILES string of the molecule is Cc1cc(CN(CC(=O)O)c2ccccc2)cc(C)c1O. The molecular weight excluding hydrogens is 266 g/mol. The maximum absolute atomic E-state index is 11.1. The van der Waals surface area contributed by atoms with Crippen molar-refractivity contribution in [2.24, 2.45) is 0 Å². The summed E-state index contributed by atoms with van der Waals surface area (Å²) in [6.07, 6.45) is 0. The van der Waals surface area contributed by atoms with E-state index in [4.69, 9.17) is 5.11 Å². The van der Waals surface area contributed by atoms with E-state index in [0.717, 1.165) is 22.4 Å². The van der Waals surface area contributed by atoms with E-state index >= 15 is 0 Å². The lowest BCUT2D eigenvalue weighted by molar-refractivity contribution is -0.135. The van der Waals surface area contributed by atoms with Gasteiger partial charge in [0.1, 0.15) is 12.3 Å². The zero-order valence-electron chi connectivity index (χ0n) is 12.2. The number of hydrogen-bond donors (Lipinski definition) is 2. The van der Waals surface area contributed by atoms with E-state index < -0.39 is 5.97 Å². The standard InChI is InChI=1S/C17H19NO3/c1-12-8-14(9-13(2)17(12)21)10-18(11-16(19)20)15-6-4-3-5-7-15/h3-9,21H,10-11H2,1-2H3,(H,19,20). The van der Waals surface area contributed by atoms with Crippen molar-refractivity contribution in [2.45, 2.75) is 20.4 Å². The first-order valence-corrected chi connectivity index (χ1v) is 6.78. The minimum Gasteiger partial charge on any atom is -0.507 e. The first-order chi connectivity index (χ1) is 9.97. The molecule has 0 amide bonds. The van der Waals surface area contributed by atoms with Gasteiger partial charge in [-0.1, -0.05) is 30.3 Å². The number of phenolic OH excluding ortho intramolecular Hbond substituents is 1. The second-order valence-electron chi connectivity index (χ2n) is 5.16. The fourth-order valence-corrected chi connectivity index (χ4v) is 2.40. The van der Waals surface area contributed by atoms with Crippen LogP contribution in [0.1, 0.15) is 16.7 Å². The van der Waals surface area contributed by atoms with Gasteiger partial charge in [-0.25, -0.2) is 0 Å². The highest BCUT2D eigenvalue weighted by Crippen LogP contribution is 2.25. The molecule has 0 fully saturated rings. The lowest BCUT2D eigenvalue weighted by Gasteiger charge is -2.23. The van der Waals surface area contributed by atoms with Crippen molar-refractivity contribution in [3.05, 3.63) is 59.2 Å². The summed E-state index contributed by atoms with van der Waals surface area (Å²) in [4.78, 5) is 12.9. The van der Waals surface area contributed by atoms with Gasteiger partial charge in [0.05, 0.1) is 0 Å². The topological polar surface area (TPSA) is 60.8 Å². The number of para-hydroxylation sites is 1. The Morgan fingerprint density at radius 3 is 2.19 bits per heavy atom. The monoisotopic (exact) mass is 285 g/mol. The van der Waals surface area contributed by atoms with Gasteiger partial charge >= 0.3 is 5.97 Å². The molecule has 0 saturated heterocycles. The van der Waals surface area contributed by atoms with Crippen LogP contribution < -0.4 is 4.90 Å². The smallest absolute Gasteiger partial charge is 0.323 e. The van der Waals surface area contributed by atoms with Gasteiger partial charge in [0, 0.05) is 12.2 Å². The van der Waals surface area contributed by atoms with E-state index in [-0.39, 0.29) is 6.54 Å². The number of anilines is 1. The van der Waals surface area contributed by atoms with Gasteiger partial charge in [-0.2, -0.15) is 0 Å². The fourth-order valence-electron chi connectivity index (χ4n) is 2.40. The van der Waals surface area contributed by atoms with Crippen molar-refractivity contribution < 1.29 is 15.0 Å². The first kappa shape index (κ1) is 14.9. The minimum atomic E-state index is -0.869. The highest BCUT2D eigenvalue weighted by molar-refractivity contribution is 5.73. The first-order valence-electron chi connectivity index (χ1n) is 6.78. The van der Waals surface area contributed by atoms with E-state index in [1.54, 1.807) is 4.90 Å². The molecule has 0 bridgehead atoms. The normalized spacial score (nSPS) is 10.4. The molecule has 0 saturated carbocycles. The number of aliphatic carboxylic acids is 1. The number of carbonyl (C=O) groups is 1. The summed E-state index contributed by atoms with van der Waals surface area (Å²) in [6.45, 7) is 4.10. The third-order valence-corrected chi connectivity index (χ3v) is 3.37. The predicted octanol–water partition coefficient (Wildman–Crippen LogP) is 3.10. The molecule has 2 N–H and O–H groups in total. The highest BCUT2D eigenvalue weighted by Gasteiger charge is 2.12. The third-order valence-electron chi connectivity index (χ3n) is 3.37. The van der Waals surface area contributed by atoms with Crippen molar-refractivity contribution in [1.29, 1.82) is 0 Å². The molecular formula is C17H19NO3. The third kappa shape index (κ3) is 3.75. The van der Waals surface area contributed by atoms with Crippen LogP contribution in [0.4, 0.5) is 5.69 Å². The number of carboxylic acids is 1. The Morgan fingerprint density at radius 1 is 1.10 bits per heavy atom. The van der Waals surface area contributed by atoms with Gasteiger partial charge in [-0.3, -0.25) is 4.79 Å². The average molecular weight is 285 g/mol. The molecule has 21 heavy (non-hydrogen) atoms. The molecule has 0 unspecified atom stereocenters. The second-order valence-corrected chi connectivity index (χ2v) is 5.16.